The first-order chi connectivity index (χ1) is 5.68. The van der Waals surface area contributed by atoms with Crippen molar-refractivity contribution in [2.75, 3.05) is 5.43 Å². The summed E-state index contributed by atoms with van der Waals surface area (Å²) in [5, 5.41) is 0. The third-order valence-corrected chi connectivity index (χ3v) is 1.27. The van der Waals surface area contributed by atoms with Gasteiger partial charge in [0.2, 0.25) is 5.91 Å². The molecule has 0 saturated carbocycles. The van der Waals surface area contributed by atoms with E-state index in [2.05, 4.69) is 5.43 Å². The van der Waals surface area contributed by atoms with Gasteiger partial charge in [0, 0.05) is 12.4 Å². The summed E-state index contributed by atoms with van der Waals surface area (Å²) in [6, 6.07) is 3.57. The smallest absolute Gasteiger partial charge is 0.246 e. The van der Waals surface area contributed by atoms with E-state index >= 15 is 0 Å². The van der Waals surface area contributed by atoms with E-state index in [0.29, 0.717) is 0 Å². The maximum absolute atomic E-state index is 11.0. The number of hydrogen-bond acceptors (Lipinski definition) is 2. The number of ketones is 1. The van der Waals surface area contributed by atoms with Crippen LogP contribution in [0.3, 0.4) is 0 Å². The molecule has 1 aromatic heterocycles. The van der Waals surface area contributed by atoms with E-state index in [1.165, 1.54) is 11.6 Å². The first-order valence-corrected chi connectivity index (χ1v) is 3.61. The Morgan fingerprint density at radius 1 is 1.33 bits per heavy atom. The van der Waals surface area contributed by atoms with Crippen LogP contribution >= 0.6 is 0 Å². The molecule has 0 saturated heterocycles. The molecule has 1 amide bonds. The largest absolute Gasteiger partial charge is 0.299 e. The Morgan fingerprint density at radius 2 is 1.92 bits per heavy atom. The quantitative estimate of drug-likeness (QED) is 0.666. The first kappa shape index (κ1) is 8.52. The van der Waals surface area contributed by atoms with E-state index in [1.54, 1.807) is 24.5 Å². The molecular weight excluding hydrogens is 156 g/mol. The zero-order chi connectivity index (χ0) is 8.97. The number of nitrogens with zero attached hydrogens (tertiary/aromatic N) is 1. The summed E-state index contributed by atoms with van der Waals surface area (Å²) < 4.78 is 1.51. The minimum absolute atomic E-state index is 0.0713. The number of nitrogens with one attached hydrogen (secondary N) is 1. The van der Waals surface area contributed by atoms with Crippen molar-refractivity contribution in [3.8, 4) is 0 Å². The number of carbonyl (C=O) groups is 2. The molecule has 1 N–H and O–H groups in total. The fourth-order valence-corrected chi connectivity index (χ4v) is 0.819. The van der Waals surface area contributed by atoms with Crippen molar-refractivity contribution in [2.24, 2.45) is 0 Å². The van der Waals surface area contributed by atoms with Gasteiger partial charge in [-0.15, -0.1) is 0 Å². The number of aromatic nitrogens is 1. The molecule has 0 fully saturated rings. The van der Waals surface area contributed by atoms with Crippen LogP contribution in [0.15, 0.2) is 24.5 Å². The summed E-state index contributed by atoms with van der Waals surface area (Å²) in [6.45, 7) is 1.38. The second-order valence-corrected chi connectivity index (χ2v) is 2.50. The number of carbonyl (C=O) groups excluding carboxylic acids is 2. The zero-order valence-corrected chi connectivity index (χ0v) is 6.78. The van der Waals surface area contributed by atoms with Crippen LogP contribution in [0.4, 0.5) is 0 Å². The Labute approximate surface area is 70.2 Å². The molecule has 1 heterocycles. The second kappa shape index (κ2) is 3.71. The fraction of sp³-hybridized carbons (Fsp3) is 0.250. The Kier molecular flexibility index (Phi) is 2.63. The molecule has 0 aromatic carbocycles. The average Bonchev–Trinajstić information content (AvgIpc) is 2.37. The maximum atomic E-state index is 11.0. The Balaban J connectivity index is 2.42. The lowest BCUT2D eigenvalue weighted by atomic mass is 10.3. The van der Waals surface area contributed by atoms with E-state index in [4.69, 9.17) is 0 Å². The lowest BCUT2D eigenvalue weighted by Gasteiger charge is -2.03. The minimum atomic E-state index is -0.293. The van der Waals surface area contributed by atoms with Gasteiger partial charge in [-0.05, 0) is 19.1 Å². The summed E-state index contributed by atoms with van der Waals surface area (Å²) >= 11 is 0. The molecule has 0 bridgehead atoms. The molecular formula is C8H10N2O2. The predicted molar refractivity (Wildman–Crippen MR) is 44.1 cm³/mol. The monoisotopic (exact) mass is 166 g/mol. The average molecular weight is 166 g/mol. The van der Waals surface area contributed by atoms with Crippen molar-refractivity contribution in [3.63, 3.8) is 0 Å². The number of amides is 1. The highest BCUT2D eigenvalue weighted by Gasteiger charge is 2.03. The van der Waals surface area contributed by atoms with Gasteiger partial charge in [-0.1, -0.05) is 0 Å². The lowest BCUT2D eigenvalue weighted by molar-refractivity contribution is -0.124. The van der Waals surface area contributed by atoms with Crippen LogP contribution in [0, 0.1) is 0 Å². The zero-order valence-electron chi connectivity index (χ0n) is 6.78. The molecule has 1 aromatic rings. The highest BCUT2D eigenvalue weighted by molar-refractivity contribution is 6.00. The van der Waals surface area contributed by atoms with Crippen molar-refractivity contribution in [2.45, 2.75) is 13.3 Å². The van der Waals surface area contributed by atoms with Gasteiger partial charge in [-0.25, -0.2) is 0 Å². The normalized spacial score (nSPS) is 9.42. The Bertz CT molecular complexity index is 277. The second-order valence-electron chi connectivity index (χ2n) is 2.50. The van der Waals surface area contributed by atoms with Crippen LogP contribution in [0.2, 0.25) is 0 Å². The van der Waals surface area contributed by atoms with Crippen molar-refractivity contribution in [1.29, 1.82) is 0 Å². The van der Waals surface area contributed by atoms with Gasteiger partial charge in [0.1, 0.15) is 5.78 Å². The molecule has 4 nitrogen and oxygen atoms in total. The number of rotatable bonds is 3. The molecule has 0 aliphatic rings. The van der Waals surface area contributed by atoms with E-state index in [-0.39, 0.29) is 18.1 Å². The van der Waals surface area contributed by atoms with E-state index in [0.717, 1.165) is 0 Å². The van der Waals surface area contributed by atoms with Crippen LogP contribution in [-0.2, 0) is 9.59 Å². The summed E-state index contributed by atoms with van der Waals surface area (Å²) in [7, 11) is 0. The molecule has 0 aliphatic heterocycles. The van der Waals surface area contributed by atoms with Crippen LogP contribution in [-0.4, -0.2) is 16.4 Å². The highest BCUT2D eigenvalue weighted by atomic mass is 16.2. The molecule has 0 radical (unpaired) electrons. The van der Waals surface area contributed by atoms with Gasteiger partial charge in [-0.3, -0.25) is 19.7 Å². The maximum Gasteiger partial charge on any atom is 0.246 e. The SMILES string of the molecule is CC(=O)CC(=O)Nn1cccc1. The third-order valence-electron chi connectivity index (χ3n) is 1.27. The van der Waals surface area contributed by atoms with Gasteiger partial charge in [0.15, 0.2) is 0 Å². The van der Waals surface area contributed by atoms with Crippen molar-refractivity contribution in [3.05, 3.63) is 24.5 Å². The summed E-state index contributed by atoms with van der Waals surface area (Å²) in [4.78, 5) is 21.5. The summed E-state index contributed by atoms with van der Waals surface area (Å²) in [6.07, 6.45) is 3.31. The molecule has 0 atom stereocenters. The third kappa shape index (κ3) is 2.57. The predicted octanol–water partition coefficient (Wildman–Crippen LogP) is 0.537. The van der Waals surface area contributed by atoms with Gasteiger partial charge in [-0.2, -0.15) is 0 Å². The Hall–Kier alpha value is -1.58. The minimum Gasteiger partial charge on any atom is -0.299 e. The van der Waals surface area contributed by atoms with Gasteiger partial charge in [0.05, 0.1) is 6.42 Å². The molecule has 0 unspecified atom stereocenters. The van der Waals surface area contributed by atoms with E-state index in [1.807, 2.05) is 0 Å². The van der Waals surface area contributed by atoms with E-state index < -0.39 is 0 Å². The van der Waals surface area contributed by atoms with Crippen molar-refractivity contribution < 1.29 is 9.59 Å². The van der Waals surface area contributed by atoms with Gasteiger partial charge >= 0.3 is 0 Å². The molecule has 0 aliphatic carbocycles. The van der Waals surface area contributed by atoms with Crippen LogP contribution < -0.4 is 5.43 Å². The topological polar surface area (TPSA) is 51.1 Å². The van der Waals surface area contributed by atoms with Crippen molar-refractivity contribution >= 4 is 11.7 Å². The number of hydrogen-bond donors (Lipinski definition) is 1. The first-order valence-electron chi connectivity index (χ1n) is 3.61. The fourth-order valence-electron chi connectivity index (χ4n) is 0.819. The standard InChI is InChI=1S/C8H10N2O2/c1-7(11)6-8(12)9-10-4-2-3-5-10/h2-5H,6H2,1H3,(H,9,12). The number of Topliss-reactive ketones (excluding diaryl/α,β-unsaturated/α-hetero) is 1. The molecule has 0 spiro atoms. The van der Waals surface area contributed by atoms with Crippen LogP contribution in [0.25, 0.3) is 0 Å². The van der Waals surface area contributed by atoms with Crippen molar-refractivity contribution in [1.82, 2.24) is 4.68 Å². The summed E-state index contributed by atoms with van der Waals surface area (Å²) in [5.74, 6) is -0.432. The highest BCUT2D eigenvalue weighted by Crippen LogP contribution is 1.88. The summed E-state index contributed by atoms with van der Waals surface area (Å²) in [5.41, 5.74) is 2.51. The lowest BCUT2D eigenvalue weighted by Crippen LogP contribution is -2.22. The van der Waals surface area contributed by atoms with E-state index in [9.17, 15) is 9.59 Å². The van der Waals surface area contributed by atoms with Gasteiger partial charge in [0.25, 0.3) is 0 Å². The molecule has 64 valence electrons. The van der Waals surface area contributed by atoms with Crippen LogP contribution in [0.1, 0.15) is 13.3 Å². The van der Waals surface area contributed by atoms with Crippen LogP contribution in [0.5, 0.6) is 0 Å². The molecule has 12 heavy (non-hydrogen) atoms. The van der Waals surface area contributed by atoms with Gasteiger partial charge < -0.3 is 0 Å². The molecule has 1 rings (SSSR count). The Morgan fingerprint density at radius 3 is 2.42 bits per heavy atom. The molecule has 4 heteroatoms.